The molecule has 1 atom stereocenters. The average Bonchev–Trinajstić information content (AvgIpc) is 2.85. The summed E-state index contributed by atoms with van der Waals surface area (Å²) in [5.74, 6) is 1.90. The fourth-order valence-corrected chi connectivity index (χ4v) is 5.29. The second kappa shape index (κ2) is 10.1. The van der Waals surface area contributed by atoms with Gasteiger partial charge in [-0.1, -0.05) is 31.2 Å². The highest BCUT2D eigenvalue weighted by molar-refractivity contribution is 6.02. The Morgan fingerprint density at radius 3 is 2.47 bits per heavy atom. The highest BCUT2D eigenvalue weighted by atomic mass is 16.5. The van der Waals surface area contributed by atoms with Crippen LogP contribution in [0.15, 0.2) is 42.5 Å². The van der Waals surface area contributed by atoms with Gasteiger partial charge in [-0.3, -0.25) is 9.59 Å². The summed E-state index contributed by atoms with van der Waals surface area (Å²) in [4.78, 5) is 29.1. The molecule has 182 valence electrons. The third-order valence-corrected chi connectivity index (χ3v) is 7.54. The zero-order valence-corrected chi connectivity index (χ0v) is 20.7. The van der Waals surface area contributed by atoms with E-state index in [4.69, 9.17) is 9.47 Å². The van der Waals surface area contributed by atoms with Crippen LogP contribution in [0.5, 0.6) is 11.5 Å². The summed E-state index contributed by atoms with van der Waals surface area (Å²) in [6.07, 6.45) is 5.38. The van der Waals surface area contributed by atoms with Crippen LogP contribution in [0.1, 0.15) is 61.0 Å². The molecule has 1 fully saturated rings. The van der Waals surface area contributed by atoms with Gasteiger partial charge >= 0.3 is 0 Å². The van der Waals surface area contributed by atoms with E-state index in [0.717, 1.165) is 36.8 Å². The summed E-state index contributed by atoms with van der Waals surface area (Å²) < 4.78 is 10.8. The molecule has 0 saturated heterocycles. The fourth-order valence-electron chi connectivity index (χ4n) is 5.29. The van der Waals surface area contributed by atoms with Crippen LogP contribution in [0.3, 0.4) is 0 Å². The largest absolute Gasteiger partial charge is 0.493 e. The van der Waals surface area contributed by atoms with E-state index in [9.17, 15) is 9.59 Å². The van der Waals surface area contributed by atoms with Crippen LogP contribution >= 0.6 is 0 Å². The topological polar surface area (TPSA) is 67.9 Å². The van der Waals surface area contributed by atoms with Crippen molar-refractivity contribution in [2.24, 2.45) is 5.92 Å². The van der Waals surface area contributed by atoms with Crippen LogP contribution in [0, 0.1) is 5.92 Å². The van der Waals surface area contributed by atoms with Crippen LogP contribution in [0.2, 0.25) is 0 Å². The molecular formula is C28H36N2O4. The van der Waals surface area contributed by atoms with Crippen LogP contribution in [-0.2, 0) is 17.6 Å². The molecule has 34 heavy (non-hydrogen) atoms. The maximum absolute atomic E-state index is 13.7. The third-order valence-electron chi connectivity index (χ3n) is 7.54. The SMILES string of the molecule is COc1ccc(CCN2C(=O)c3ccccc3C[C@@]2(C)C(=O)NC2CCC(C)CC2)cc1OC. The zero-order chi connectivity index (χ0) is 24.3. The first-order valence-electron chi connectivity index (χ1n) is 12.3. The van der Waals surface area contributed by atoms with Crippen molar-refractivity contribution < 1.29 is 19.1 Å². The van der Waals surface area contributed by atoms with E-state index >= 15 is 0 Å². The predicted octanol–water partition coefficient (Wildman–Crippen LogP) is 4.40. The second-order valence-electron chi connectivity index (χ2n) is 9.93. The summed E-state index contributed by atoms with van der Waals surface area (Å²) in [7, 11) is 3.22. The van der Waals surface area contributed by atoms with E-state index in [0.29, 0.717) is 42.4 Å². The molecule has 1 saturated carbocycles. The van der Waals surface area contributed by atoms with Crippen molar-refractivity contribution >= 4 is 11.8 Å². The average molecular weight is 465 g/mol. The summed E-state index contributed by atoms with van der Waals surface area (Å²) in [6.45, 7) is 4.62. The lowest BCUT2D eigenvalue weighted by atomic mass is 9.81. The number of benzene rings is 2. The Bertz CT molecular complexity index is 1040. The van der Waals surface area contributed by atoms with Crippen molar-refractivity contribution in [3.63, 3.8) is 0 Å². The fraction of sp³-hybridized carbons (Fsp3) is 0.500. The van der Waals surface area contributed by atoms with Gasteiger partial charge in [-0.15, -0.1) is 0 Å². The summed E-state index contributed by atoms with van der Waals surface area (Å²) in [5.41, 5.74) is 1.70. The number of hydrogen-bond donors (Lipinski definition) is 1. The Kier molecular flexibility index (Phi) is 7.15. The van der Waals surface area contributed by atoms with Crippen molar-refractivity contribution in [1.29, 1.82) is 0 Å². The molecule has 2 amide bonds. The van der Waals surface area contributed by atoms with Crippen molar-refractivity contribution in [3.05, 3.63) is 59.2 Å². The first-order chi connectivity index (χ1) is 16.4. The van der Waals surface area contributed by atoms with Crippen molar-refractivity contribution in [1.82, 2.24) is 10.2 Å². The van der Waals surface area contributed by atoms with Gasteiger partial charge in [-0.25, -0.2) is 0 Å². The molecule has 0 spiro atoms. The van der Waals surface area contributed by atoms with Gasteiger partial charge in [-0.05, 0) is 74.3 Å². The van der Waals surface area contributed by atoms with Crippen molar-refractivity contribution in [3.8, 4) is 11.5 Å². The normalized spacial score (nSPS) is 24.4. The zero-order valence-electron chi connectivity index (χ0n) is 20.7. The Morgan fingerprint density at radius 1 is 1.06 bits per heavy atom. The molecule has 1 aliphatic heterocycles. The number of hydrogen-bond acceptors (Lipinski definition) is 4. The first kappa shape index (κ1) is 24.1. The standard InChI is InChI=1S/C28H36N2O4/c1-19-9-12-22(13-10-19)29-27(32)28(2)18-21-7-5-6-8-23(21)26(31)30(28)16-15-20-11-14-24(33-3)25(17-20)34-4/h5-8,11,14,17,19,22H,9-10,12-13,15-16,18H2,1-4H3,(H,29,32)/t19?,22?,28-/m0/s1. The molecule has 0 radical (unpaired) electrons. The van der Waals surface area contributed by atoms with Gasteiger partial charge in [0.1, 0.15) is 5.54 Å². The van der Waals surface area contributed by atoms with Crippen molar-refractivity contribution in [2.45, 2.75) is 64.0 Å². The number of fused-ring (bicyclic) bond motifs is 1. The van der Waals surface area contributed by atoms with E-state index < -0.39 is 5.54 Å². The number of methoxy groups -OCH3 is 2. The van der Waals surface area contributed by atoms with Gasteiger partial charge in [-0.2, -0.15) is 0 Å². The Labute approximate surface area is 202 Å². The van der Waals surface area contributed by atoms with Gasteiger partial charge in [0, 0.05) is 24.6 Å². The Morgan fingerprint density at radius 2 is 1.76 bits per heavy atom. The minimum atomic E-state index is -0.939. The molecule has 0 unspecified atom stereocenters. The van der Waals surface area contributed by atoms with Gasteiger partial charge in [0.15, 0.2) is 11.5 Å². The highest BCUT2D eigenvalue weighted by Gasteiger charge is 2.47. The number of ether oxygens (including phenoxy) is 2. The molecule has 2 aliphatic rings. The lowest BCUT2D eigenvalue weighted by Crippen LogP contribution is -2.64. The monoisotopic (exact) mass is 464 g/mol. The number of rotatable bonds is 7. The first-order valence-corrected chi connectivity index (χ1v) is 12.3. The molecule has 4 rings (SSSR count). The minimum absolute atomic E-state index is 0.0535. The summed E-state index contributed by atoms with van der Waals surface area (Å²) in [5, 5.41) is 3.29. The lowest BCUT2D eigenvalue weighted by molar-refractivity contribution is -0.132. The van der Waals surface area contributed by atoms with Crippen LogP contribution in [-0.4, -0.2) is 49.1 Å². The van der Waals surface area contributed by atoms with Gasteiger partial charge in [0.2, 0.25) is 5.91 Å². The second-order valence-corrected chi connectivity index (χ2v) is 9.93. The summed E-state index contributed by atoms with van der Waals surface area (Å²) >= 11 is 0. The molecule has 1 heterocycles. The molecule has 6 heteroatoms. The van der Waals surface area contributed by atoms with Crippen molar-refractivity contribution in [2.75, 3.05) is 20.8 Å². The molecule has 6 nitrogen and oxygen atoms in total. The molecule has 1 aliphatic carbocycles. The van der Waals surface area contributed by atoms with E-state index in [2.05, 4.69) is 12.2 Å². The van der Waals surface area contributed by atoms with E-state index in [1.807, 2.05) is 49.4 Å². The maximum Gasteiger partial charge on any atom is 0.255 e. The van der Waals surface area contributed by atoms with Gasteiger partial charge < -0.3 is 19.7 Å². The van der Waals surface area contributed by atoms with Gasteiger partial charge in [0.25, 0.3) is 5.91 Å². The van der Waals surface area contributed by atoms with Crippen LogP contribution in [0.25, 0.3) is 0 Å². The highest BCUT2D eigenvalue weighted by Crippen LogP contribution is 2.33. The predicted molar refractivity (Wildman–Crippen MR) is 132 cm³/mol. The quantitative estimate of drug-likeness (QED) is 0.660. The third kappa shape index (κ3) is 4.77. The van der Waals surface area contributed by atoms with E-state index in [1.54, 1.807) is 19.1 Å². The van der Waals surface area contributed by atoms with Gasteiger partial charge in [0.05, 0.1) is 14.2 Å². The lowest BCUT2D eigenvalue weighted by Gasteiger charge is -2.45. The summed E-state index contributed by atoms with van der Waals surface area (Å²) in [6, 6.07) is 13.6. The van der Waals surface area contributed by atoms with E-state index in [1.165, 1.54) is 0 Å². The maximum atomic E-state index is 13.7. The molecule has 0 bridgehead atoms. The van der Waals surface area contributed by atoms with Crippen LogP contribution in [0.4, 0.5) is 0 Å². The molecule has 0 aromatic heterocycles. The Hall–Kier alpha value is -3.02. The number of amides is 2. The molecule has 2 aromatic carbocycles. The Balaban J connectivity index is 1.58. The number of carbonyl (C=O) groups excluding carboxylic acids is 2. The minimum Gasteiger partial charge on any atom is -0.493 e. The molecule has 2 aromatic rings. The number of nitrogens with zero attached hydrogens (tertiary/aromatic N) is 1. The molecular weight excluding hydrogens is 428 g/mol. The number of carbonyl (C=O) groups is 2. The molecule has 1 N–H and O–H groups in total. The van der Waals surface area contributed by atoms with E-state index in [-0.39, 0.29) is 17.9 Å². The smallest absolute Gasteiger partial charge is 0.255 e. The number of nitrogens with one attached hydrogen (secondary N) is 1. The van der Waals surface area contributed by atoms with Crippen LogP contribution < -0.4 is 14.8 Å².